The molecule has 0 radical (unpaired) electrons. The van der Waals surface area contributed by atoms with E-state index in [0.717, 1.165) is 16.3 Å². The summed E-state index contributed by atoms with van der Waals surface area (Å²) in [6, 6.07) is 17.5. The Bertz CT molecular complexity index is 1520. The van der Waals surface area contributed by atoms with Crippen molar-refractivity contribution in [3.63, 3.8) is 0 Å². The van der Waals surface area contributed by atoms with Gasteiger partial charge >= 0.3 is 0 Å². The molecule has 0 bridgehead atoms. The molecule has 8 nitrogen and oxygen atoms in total. The van der Waals surface area contributed by atoms with E-state index in [0.29, 0.717) is 21.2 Å². The van der Waals surface area contributed by atoms with Crippen LogP contribution in [0.4, 0.5) is 0 Å². The number of rotatable bonds is 7. The average molecular weight is 489 g/mol. The van der Waals surface area contributed by atoms with E-state index < -0.39 is 5.25 Å². The Balaban J connectivity index is 1.32. The molecule has 1 unspecified atom stereocenters. The Hall–Kier alpha value is -3.63. The molecule has 0 spiro atoms. The number of nitrogens with zero attached hydrogens (tertiary/aromatic N) is 5. The van der Waals surface area contributed by atoms with E-state index in [1.54, 1.807) is 11.6 Å². The lowest BCUT2D eigenvalue weighted by molar-refractivity contribution is -0.117. The van der Waals surface area contributed by atoms with E-state index in [1.807, 2.05) is 61.5 Å². The number of benzene rings is 2. The normalized spacial score (nSPS) is 12.2. The second-order valence-corrected chi connectivity index (χ2v) is 10.2. The standard InChI is InChI=1S/C24H20N6O2S2/c1-14-8-10-16(11-9-14)23-29-28-20(34-23)12-19(31)15(2)33-24-26-21-18(22(32)27-24)13-25-30(21)17-6-4-3-5-7-17/h3-11,13,15H,12H2,1-2H3,(H,26,27,32). The van der Waals surface area contributed by atoms with E-state index in [9.17, 15) is 9.59 Å². The van der Waals surface area contributed by atoms with Gasteiger partial charge in [-0.25, -0.2) is 9.67 Å². The van der Waals surface area contributed by atoms with Crippen molar-refractivity contribution in [1.29, 1.82) is 0 Å². The molecular weight excluding hydrogens is 468 g/mol. The first-order chi connectivity index (χ1) is 16.5. The summed E-state index contributed by atoms with van der Waals surface area (Å²) >= 11 is 2.62. The highest BCUT2D eigenvalue weighted by molar-refractivity contribution is 8.00. The molecule has 1 atom stereocenters. The number of Topliss-reactive ketones (excluding diaryl/α,β-unsaturated/α-hetero) is 1. The minimum Gasteiger partial charge on any atom is -0.301 e. The SMILES string of the molecule is Cc1ccc(-c2nnc(CC(=O)C(C)Sc3nc4c(cnn4-c4ccccc4)c(=O)[nH]3)s2)cc1. The first-order valence-corrected chi connectivity index (χ1v) is 12.3. The molecule has 5 rings (SSSR count). The molecule has 0 aliphatic carbocycles. The molecule has 170 valence electrons. The van der Waals surface area contributed by atoms with Crippen molar-refractivity contribution in [2.45, 2.75) is 30.7 Å². The van der Waals surface area contributed by atoms with Gasteiger partial charge in [0.1, 0.15) is 15.4 Å². The van der Waals surface area contributed by atoms with E-state index in [4.69, 9.17) is 0 Å². The second-order valence-electron chi connectivity index (χ2n) is 7.77. The van der Waals surface area contributed by atoms with Crippen LogP contribution in [-0.2, 0) is 11.2 Å². The fraction of sp³-hybridized carbons (Fsp3) is 0.167. The number of nitrogens with one attached hydrogen (secondary N) is 1. The van der Waals surface area contributed by atoms with E-state index in [-0.39, 0.29) is 17.8 Å². The third-order valence-electron chi connectivity index (χ3n) is 5.25. The lowest BCUT2D eigenvalue weighted by Gasteiger charge is -2.09. The minimum atomic E-state index is -0.430. The third kappa shape index (κ3) is 4.55. The number of carbonyl (C=O) groups excluding carboxylic acids is 1. The highest BCUT2D eigenvalue weighted by atomic mass is 32.2. The average Bonchev–Trinajstić information content (AvgIpc) is 3.48. The van der Waals surface area contributed by atoms with Crippen LogP contribution in [0.2, 0.25) is 0 Å². The number of aryl methyl sites for hydroxylation is 1. The topological polar surface area (TPSA) is 106 Å². The quantitative estimate of drug-likeness (QED) is 0.270. The van der Waals surface area contributed by atoms with E-state index in [1.165, 1.54) is 34.9 Å². The van der Waals surface area contributed by atoms with Gasteiger partial charge in [0, 0.05) is 5.56 Å². The molecule has 5 aromatic rings. The summed E-state index contributed by atoms with van der Waals surface area (Å²) in [5.41, 5.74) is 3.11. The van der Waals surface area contributed by atoms with Crippen LogP contribution in [0.15, 0.2) is 70.7 Å². The summed E-state index contributed by atoms with van der Waals surface area (Å²) in [5, 5.41) is 14.5. The molecule has 0 amide bonds. The van der Waals surface area contributed by atoms with Gasteiger partial charge in [0.05, 0.1) is 23.6 Å². The summed E-state index contributed by atoms with van der Waals surface area (Å²) in [5.74, 6) is -0.0177. The van der Waals surface area contributed by atoms with Gasteiger partial charge in [-0.1, -0.05) is 71.1 Å². The van der Waals surface area contributed by atoms with Gasteiger partial charge in [0.25, 0.3) is 5.56 Å². The zero-order valence-corrected chi connectivity index (χ0v) is 20.1. The highest BCUT2D eigenvalue weighted by Crippen LogP contribution is 2.26. The van der Waals surface area contributed by atoms with E-state index >= 15 is 0 Å². The van der Waals surface area contributed by atoms with Crippen LogP contribution < -0.4 is 5.56 Å². The molecule has 0 fully saturated rings. The van der Waals surface area contributed by atoms with Crippen LogP contribution in [0, 0.1) is 6.92 Å². The number of para-hydroxylation sites is 1. The number of fused-ring (bicyclic) bond motifs is 1. The second kappa shape index (κ2) is 9.32. The van der Waals surface area contributed by atoms with Gasteiger partial charge in [-0.3, -0.25) is 9.59 Å². The minimum absolute atomic E-state index is 0.0177. The Morgan fingerprint density at radius 3 is 2.65 bits per heavy atom. The predicted molar refractivity (Wildman–Crippen MR) is 134 cm³/mol. The maximum Gasteiger partial charge on any atom is 0.262 e. The number of H-pyrrole nitrogens is 1. The van der Waals surface area contributed by atoms with Gasteiger partial charge < -0.3 is 4.98 Å². The van der Waals surface area contributed by atoms with Crippen LogP contribution in [0.25, 0.3) is 27.3 Å². The van der Waals surface area contributed by atoms with Crippen molar-refractivity contribution < 1.29 is 4.79 Å². The van der Waals surface area contributed by atoms with Gasteiger partial charge in [-0.15, -0.1) is 10.2 Å². The van der Waals surface area contributed by atoms with Crippen LogP contribution in [0.1, 0.15) is 17.5 Å². The molecule has 3 aromatic heterocycles. The smallest absolute Gasteiger partial charge is 0.262 e. The van der Waals surface area contributed by atoms with Crippen LogP contribution in [0.5, 0.6) is 0 Å². The van der Waals surface area contributed by atoms with Crippen molar-refractivity contribution in [2.75, 3.05) is 0 Å². The van der Waals surface area contributed by atoms with Crippen LogP contribution in [-0.4, -0.2) is 41.0 Å². The fourth-order valence-corrected chi connectivity index (χ4v) is 5.07. The molecule has 3 heterocycles. The van der Waals surface area contributed by atoms with Crippen LogP contribution in [0.3, 0.4) is 0 Å². The number of carbonyl (C=O) groups is 1. The molecule has 34 heavy (non-hydrogen) atoms. The molecular formula is C24H20N6O2S2. The predicted octanol–water partition coefficient (Wildman–Crippen LogP) is 4.23. The number of ketones is 1. The summed E-state index contributed by atoms with van der Waals surface area (Å²) in [6.07, 6.45) is 1.67. The van der Waals surface area contributed by atoms with Crippen molar-refractivity contribution in [3.8, 4) is 16.3 Å². The van der Waals surface area contributed by atoms with Gasteiger partial charge in [-0.05, 0) is 26.0 Å². The van der Waals surface area contributed by atoms with Crippen molar-refractivity contribution in [1.82, 2.24) is 29.9 Å². The van der Waals surface area contributed by atoms with E-state index in [2.05, 4.69) is 25.3 Å². The number of thioether (sulfide) groups is 1. The number of aromatic nitrogens is 6. The first kappa shape index (κ1) is 22.2. The maximum absolute atomic E-state index is 12.9. The van der Waals surface area contributed by atoms with Crippen LogP contribution >= 0.6 is 23.1 Å². The molecule has 0 aliphatic rings. The summed E-state index contributed by atoms with van der Waals surface area (Å²) in [4.78, 5) is 32.8. The molecule has 0 saturated carbocycles. The zero-order chi connectivity index (χ0) is 23.7. The molecule has 2 aromatic carbocycles. The zero-order valence-electron chi connectivity index (χ0n) is 18.4. The molecule has 1 N–H and O–H groups in total. The summed E-state index contributed by atoms with van der Waals surface area (Å²) in [6.45, 7) is 3.83. The Labute approximate surface area is 203 Å². The molecule has 10 heteroatoms. The van der Waals surface area contributed by atoms with Crippen molar-refractivity contribution >= 4 is 39.9 Å². The lowest BCUT2D eigenvalue weighted by Crippen LogP contribution is -2.18. The van der Waals surface area contributed by atoms with Crippen molar-refractivity contribution in [3.05, 3.63) is 81.7 Å². The lowest BCUT2D eigenvalue weighted by atomic mass is 10.2. The molecule has 0 saturated heterocycles. The Morgan fingerprint density at radius 2 is 1.88 bits per heavy atom. The Kier molecular flexibility index (Phi) is 6.08. The van der Waals surface area contributed by atoms with Gasteiger partial charge in [-0.2, -0.15) is 5.10 Å². The third-order valence-corrected chi connectivity index (χ3v) is 7.26. The van der Waals surface area contributed by atoms with Gasteiger partial charge in [0.2, 0.25) is 0 Å². The number of hydrogen-bond donors (Lipinski definition) is 1. The molecule has 0 aliphatic heterocycles. The van der Waals surface area contributed by atoms with Gasteiger partial charge in [0.15, 0.2) is 16.6 Å². The monoisotopic (exact) mass is 488 g/mol. The highest BCUT2D eigenvalue weighted by Gasteiger charge is 2.20. The Morgan fingerprint density at radius 1 is 1.12 bits per heavy atom. The fourth-order valence-electron chi connectivity index (χ4n) is 3.38. The first-order valence-electron chi connectivity index (χ1n) is 10.6. The van der Waals surface area contributed by atoms with Crippen molar-refractivity contribution in [2.24, 2.45) is 0 Å². The summed E-state index contributed by atoms with van der Waals surface area (Å²) in [7, 11) is 0. The summed E-state index contributed by atoms with van der Waals surface area (Å²) < 4.78 is 1.62. The number of hydrogen-bond acceptors (Lipinski definition) is 8. The largest absolute Gasteiger partial charge is 0.301 e. The maximum atomic E-state index is 12.9. The number of aromatic amines is 1.